The predicted molar refractivity (Wildman–Crippen MR) is 77.6 cm³/mol. The molecule has 0 unspecified atom stereocenters. The summed E-state index contributed by atoms with van der Waals surface area (Å²) in [5.74, 6) is 6.43. The molecule has 2 aromatic carbocycles. The maximum Gasteiger partial charge on any atom is 0.135 e. The van der Waals surface area contributed by atoms with Gasteiger partial charge in [-0.2, -0.15) is 0 Å². The van der Waals surface area contributed by atoms with Gasteiger partial charge in [0, 0.05) is 0 Å². The Bertz CT molecular complexity index is 634. The number of hydrogen-bond donors (Lipinski definition) is 2. The van der Waals surface area contributed by atoms with E-state index in [4.69, 9.17) is 9.84 Å². The summed E-state index contributed by atoms with van der Waals surface area (Å²) in [5, 5.41) is 18.0. The molecule has 3 heteroatoms. The molecule has 0 radical (unpaired) electrons. The number of aryl methyl sites for hydroxylation is 1. The lowest BCUT2D eigenvalue weighted by Crippen LogP contribution is -1.97. The first kappa shape index (κ1) is 14.0. The molecule has 3 nitrogen and oxygen atoms in total. The molecule has 0 heterocycles. The molecule has 0 fully saturated rings. The van der Waals surface area contributed by atoms with Gasteiger partial charge in [-0.15, -0.1) is 0 Å². The van der Waals surface area contributed by atoms with E-state index >= 15 is 0 Å². The van der Waals surface area contributed by atoms with E-state index in [2.05, 4.69) is 11.8 Å². The van der Waals surface area contributed by atoms with Gasteiger partial charge in [-0.05, 0) is 42.3 Å². The minimum absolute atomic E-state index is 0.175. The highest BCUT2D eigenvalue weighted by Gasteiger charge is 2.02. The van der Waals surface area contributed by atoms with E-state index in [1.54, 1.807) is 12.1 Å². The van der Waals surface area contributed by atoms with Crippen LogP contribution in [0.1, 0.15) is 16.7 Å². The number of benzene rings is 2. The molecular weight excluding hydrogens is 252 g/mol. The summed E-state index contributed by atoms with van der Waals surface area (Å²) in [6.07, 6.45) is 0. The van der Waals surface area contributed by atoms with Gasteiger partial charge in [-0.3, -0.25) is 0 Å². The van der Waals surface area contributed by atoms with E-state index in [0.717, 1.165) is 16.7 Å². The normalized spacial score (nSPS) is 9.70. The zero-order valence-corrected chi connectivity index (χ0v) is 11.3. The molecule has 0 saturated heterocycles. The highest BCUT2D eigenvalue weighted by atomic mass is 16.5. The minimum Gasteiger partial charge on any atom is -0.508 e. The third-order valence-electron chi connectivity index (χ3n) is 2.77. The van der Waals surface area contributed by atoms with Crippen molar-refractivity contribution < 1.29 is 14.9 Å². The Labute approximate surface area is 118 Å². The van der Waals surface area contributed by atoms with E-state index in [1.807, 2.05) is 37.3 Å². The smallest absolute Gasteiger partial charge is 0.135 e. The lowest BCUT2D eigenvalue weighted by atomic mass is 10.1. The molecular formula is C17H16O3. The molecule has 2 rings (SSSR count). The molecule has 0 aliphatic rings. The van der Waals surface area contributed by atoms with Crippen LogP contribution in [0.5, 0.6) is 11.5 Å². The Balaban J connectivity index is 2.14. The Morgan fingerprint density at radius 3 is 2.55 bits per heavy atom. The predicted octanol–water partition coefficient (Wildman–Crippen LogP) is 2.62. The van der Waals surface area contributed by atoms with E-state index in [9.17, 15) is 5.11 Å². The van der Waals surface area contributed by atoms with Crippen molar-refractivity contribution in [1.29, 1.82) is 0 Å². The lowest BCUT2D eigenvalue weighted by molar-refractivity contribution is 0.305. The first-order valence-electron chi connectivity index (χ1n) is 6.30. The second kappa shape index (κ2) is 6.65. The Hall–Kier alpha value is -2.44. The van der Waals surface area contributed by atoms with Crippen molar-refractivity contribution in [1.82, 2.24) is 0 Å². The zero-order valence-electron chi connectivity index (χ0n) is 11.3. The summed E-state index contributed by atoms with van der Waals surface area (Å²) in [6, 6.07) is 12.6. The van der Waals surface area contributed by atoms with Crippen LogP contribution in [0.3, 0.4) is 0 Å². The number of ether oxygens (including phenoxy) is 1. The van der Waals surface area contributed by atoms with E-state index in [1.165, 1.54) is 0 Å². The number of aliphatic hydroxyl groups is 1. The summed E-state index contributed by atoms with van der Waals surface area (Å²) in [5.41, 5.74) is 2.81. The van der Waals surface area contributed by atoms with Crippen LogP contribution >= 0.6 is 0 Å². The quantitative estimate of drug-likeness (QED) is 0.841. The molecule has 2 aromatic rings. The molecule has 2 N–H and O–H groups in total. The van der Waals surface area contributed by atoms with E-state index in [-0.39, 0.29) is 12.4 Å². The molecule has 0 amide bonds. The fraction of sp³-hybridized carbons (Fsp3) is 0.176. The first-order valence-corrected chi connectivity index (χ1v) is 6.30. The van der Waals surface area contributed by atoms with Gasteiger partial charge in [-0.25, -0.2) is 0 Å². The second-order valence-corrected chi connectivity index (χ2v) is 4.41. The first-order chi connectivity index (χ1) is 9.69. The van der Waals surface area contributed by atoms with Crippen LogP contribution in [-0.2, 0) is 6.61 Å². The van der Waals surface area contributed by atoms with Crippen LogP contribution in [-0.4, -0.2) is 16.8 Å². The molecule has 0 atom stereocenters. The molecule has 0 aliphatic carbocycles. The van der Waals surface area contributed by atoms with Gasteiger partial charge in [0.05, 0.1) is 5.56 Å². The highest BCUT2D eigenvalue weighted by molar-refractivity contribution is 5.48. The Morgan fingerprint density at radius 2 is 1.85 bits per heavy atom. The number of rotatable bonds is 3. The zero-order chi connectivity index (χ0) is 14.4. The van der Waals surface area contributed by atoms with Crippen LogP contribution in [0, 0.1) is 18.8 Å². The fourth-order valence-corrected chi connectivity index (χ4v) is 1.76. The van der Waals surface area contributed by atoms with Gasteiger partial charge in [0.2, 0.25) is 0 Å². The van der Waals surface area contributed by atoms with Gasteiger partial charge in [0.25, 0.3) is 0 Å². The summed E-state index contributed by atoms with van der Waals surface area (Å²) in [4.78, 5) is 0. The van der Waals surface area contributed by atoms with Crippen molar-refractivity contribution in [3.8, 4) is 23.3 Å². The van der Waals surface area contributed by atoms with Crippen molar-refractivity contribution in [2.45, 2.75) is 13.5 Å². The van der Waals surface area contributed by atoms with Crippen molar-refractivity contribution >= 4 is 0 Å². The third kappa shape index (κ3) is 3.78. The topological polar surface area (TPSA) is 49.7 Å². The summed E-state index contributed by atoms with van der Waals surface area (Å²) < 4.78 is 5.75. The maximum atomic E-state index is 9.23. The van der Waals surface area contributed by atoms with Gasteiger partial charge >= 0.3 is 0 Å². The number of phenolic OH excluding ortho intramolecular Hbond substituents is 1. The fourth-order valence-electron chi connectivity index (χ4n) is 1.76. The molecule has 0 aliphatic heterocycles. The van der Waals surface area contributed by atoms with Crippen molar-refractivity contribution in [2.24, 2.45) is 0 Å². The van der Waals surface area contributed by atoms with Gasteiger partial charge in [0.15, 0.2) is 0 Å². The molecule has 0 saturated carbocycles. The van der Waals surface area contributed by atoms with Gasteiger partial charge < -0.3 is 14.9 Å². The average Bonchev–Trinajstić information content (AvgIpc) is 2.46. The largest absolute Gasteiger partial charge is 0.508 e. The maximum absolute atomic E-state index is 9.23. The van der Waals surface area contributed by atoms with Crippen LogP contribution in [0.4, 0.5) is 0 Å². The highest BCUT2D eigenvalue weighted by Crippen LogP contribution is 2.21. The molecule has 0 spiro atoms. The van der Waals surface area contributed by atoms with Crippen LogP contribution in [0.25, 0.3) is 0 Å². The standard InChI is InChI=1S/C17H16O3/c1-13-4-9-17(15(11-13)3-2-10-18)20-12-14-5-7-16(19)8-6-14/h4-9,11,18-19H,10,12H2,1H3. The van der Waals surface area contributed by atoms with E-state index in [0.29, 0.717) is 12.4 Å². The number of phenols is 1. The lowest BCUT2D eigenvalue weighted by Gasteiger charge is -2.09. The van der Waals surface area contributed by atoms with Crippen molar-refractivity contribution in [3.05, 3.63) is 59.2 Å². The minimum atomic E-state index is -0.175. The number of hydrogen-bond acceptors (Lipinski definition) is 3. The van der Waals surface area contributed by atoms with Gasteiger partial charge in [0.1, 0.15) is 24.7 Å². The second-order valence-electron chi connectivity index (χ2n) is 4.41. The van der Waals surface area contributed by atoms with E-state index < -0.39 is 0 Å². The monoisotopic (exact) mass is 268 g/mol. The van der Waals surface area contributed by atoms with Crippen molar-refractivity contribution in [2.75, 3.05) is 6.61 Å². The molecule has 0 aromatic heterocycles. The van der Waals surface area contributed by atoms with Gasteiger partial charge in [-0.1, -0.05) is 30.0 Å². The number of aromatic hydroxyl groups is 1. The van der Waals surface area contributed by atoms with Crippen LogP contribution in [0.15, 0.2) is 42.5 Å². The SMILES string of the molecule is Cc1ccc(OCc2ccc(O)cc2)c(C#CCO)c1. The number of aliphatic hydroxyl groups excluding tert-OH is 1. The Kier molecular flexibility index (Phi) is 4.65. The van der Waals surface area contributed by atoms with Crippen LogP contribution < -0.4 is 4.74 Å². The summed E-state index contributed by atoms with van der Waals surface area (Å²) in [7, 11) is 0. The molecule has 20 heavy (non-hydrogen) atoms. The molecule has 0 bridgehead atoms. The third-order valence-corrected chi connectivity index (χ3v) is 2.77. The molecule has 102 valence electrons. The average molecular weight is 268 g/mol. The summed E-state index contributed by atoms with van der Waals surface area (Å²) in [6.45, 7) is 2.20. The van der Waals surface area contributed by atoms with Crippen molar-refractivity contribution in [3.63, 3.8) is 0 Å². The van der Waals surface area contributed by atoms with Crippen LogP contribution in [0.2, 0.25) is 0 Å². The summed E-state index contributed by atoms with van der Waals surface area (Å²) >= 11 is 0. The Morgan fingerprint density at radius 1 is 1.10 bits per heavy atom.